The summed E-state index contributed by atoms with van der Waals surface area (Å²) < 4.78 is 11.5. The van der Waals surface area contributed by atoms with E-state index < -0.39 is 0 Å². The van der Waals surface area contributed by atoms with Crippen LogP contribution in [0.5, 0.6) is 5.75 Å². The summed E-state index contributed by atoms with van der Waals surface area (Å²) in [4.78, 5) is 12.0. The maximum Gasteiger partial charge on any atom is 0.343 e. The predicted octanol–water partition coefficient (Wildman–Crippen LogP) is 4.44. The topological polar surface area (TPSA) is 35.5 Å². The van der Waals surface area contributed by atoms with Crippen LogP contribution in [0.2, 0.25) is 0 Å². The Morgan fingerprint density at radius 3 is 2.64 bits per heavy atom. The molecular formula is C18H13BrO3. The molecule has 0 saturated heterocycles. The van der Waals surface area contributed by atoms with Gasteiger partial charge in [0.05, 0.1) is 12.7 Å². The van der Waals surface area contributed by atoms with Gasteiger partial charge in [-0.3, -0.25) is 0 Å². The molecule has 0 atom stereocenters. The van der Waals surface area contributed by atoms with Crippen LogP contribution in [-0.4, -0.2) is 13.1 Å². The number of ether oxygens (including phenoxy) is 2. The van der Waals surface area contributed by atoms with E-state index in [1.54, 1.807) is 19.3 Å². The summed E-state index contributed by atoms with van der Waals surface area (Å²) in [6.07, 6.45) is 3.54. The summed E-state index contributed by atoms with van der Waals surface area (Å²) in [7, 11) is 1.61. The molecule has 4 heteroatoms. The zero-order valence-electron chi connectivity index (χ0n) is 11.9. The van der Waals surface area contributed by atoms with Crippen LogP contribution in [0.25, 0.3) is 11.8 Å². The number of esters is 1. The molecule has 3 nitrogen and oxygen atoms in total. The normalized spacial score (nSPS) is 15.6. The minimum atomic E-state index is -0.347. The highest BCUT2D eigenvalue weighted by molar-refractivity contribution is 9.10. The van der Waals surface area contributed by atoms with E-state index in [0.717, 1.165) is 21.3 Å². The van der Waals surface area contributed by atoms with Crippen molar-refractivity contribution in [3.8, 4) is 5.75 Å². The van der Waals surface area contributed by atoms with Gasteiger partial charge in [0, 0.05) is 10.0 Å². The van der Waals surface area contributed by atoms with Gasteiger partial charge in [-0.25, -0.2) is 4.79 Å². The number of hydrogen-bond acceptors (Lipinski definition) is 3. The van der Waals surface area contributed by atoms with Crippen molar-refractivity contribution in [2.75, 3.05) is 7.11 Å². The predicted molar refractivity (Wildman–Crippen MR) is 89.2 cm³/mol. The van der Waals surface area contributed by atoms with Crippen LogP contribution in [0.1, 0.15) is 11.1 Å². The smallest absolute Gasteiger partial charge is 0.343 e. The molecule has 0 fully saturated rings. The van der Waals surface area contributed by atoms with Crippen molar-refractivity contribution >= 4 is 33.7 Å². The fourth-order valence-electron chi connectivity index (χ4n) is 2.16. The number of rotatable bonds is 3. The minimum Gasteiger partial charge on any atom is -0.497 e. The fraction of sp³-hybridized carbons (Fsp3) is 0.0556. The summed E-state index contributed by atoms with van der Waals surface area (Å²) in [6, 6.07) is 15.1. The van der Waals surface area contributed by atoms with Gasteiger partial charge < -0.3 is 9.47 Å². The first-order valence-electron chi connectivity index (χ1n) is 6.71. The lowest BCUT2D eigenvalue weighted by molar-refractivity contribution is -0.130. The average Bonchev–Trinajstić information content (AvgIpc) is 2.89. The second kappa shape index (κ2) is 6.20. The van der Waals surface area contributed by atoms with Crippen molar-refractivity contribution in [1.29, 1.82) is 0 Å². The summed E-state index contributed by atoms with van der Waals surface area (Å²) in [6.45, 7) is 0. The van der Waals surface area contributed by atoms with Crippen LogP contribution < -0.4 is 4.74 Å². The highest BCUT2D eigenvalue weighted by Gasteiger charge is 2.21. The molecule has 22 heavy (non-hydrogen) atoms. The number of cyclic esters (lactones) is 1. The summed E-state index contributed by atoms with van der Waals surface area (Å²) in [5.74, 6) is 0.963. The lowest BCUT2D eigenvalue weighted by atomic mass is 10.1. The van der Waals surface area contributed by atoms with Crippen LogP contribution >= 0.6 is 15.9 Å². The second-order valence-corrected chi connectivity index (χ2v) is 5.70. The first kappa shape index (κ1) is 14.6. The molecule has 1 aliphatic heterocycles. The number of carbonyl (C=O) groups is 1. The van der Waals surface area contributed by atoms with E-state index in [-0.39, 0.29) is 5.97 Å². The van der Waals surface area contributed by atoms with Crippen LogP contribution in [0, 0.1) is 0 Å². The van der Waals surface area contributed by atoms with Crippen molar-refractivity contribution in [2.45, 2.75) is 0 Å². The van der Waals surface area contributed by atoms with Crippen molar-refractivity contribution in [1.82, 2.24) is 0 Å². The lowest BCUT2D eigenvalue weighted by Crippen LogP contribution is -1.97. The molecule has 2 aromatic rings. The van der Waals surface area contributed by atoms with Gasteiger partial charge >= 0.3 is 5.97 Å². The van der Waals surface area contributed by atoms with E-state index in [0.29, 0.717) is 11.3 Å². The zero-order valence-corrected chi connectivity index (χ0v) is 13.5. The maximum atomic E-state index is 12.0. The van der Waals surface area contributed by atoms with Gasteiger partial charge in [-0.15, -0.1) is 0 Å². The van der Waals surface area contributed by atoms with Gasteiger partial charge in [0.25, 0.3) is 0 Å². The van der Waals surface area contributed by atoms with Crippen molar-refractivity contribution in [2.24, 2.45) is 0 Å². The molecule has 0 N–H and O–H groups in total. The Bertz CT molecular complexity index is 773. The van der Waals surface area contributed by atoms with Crippen molar-refractivity contribution in [3.05, 3.63) is 75.8 Å². The summed E-state index contributed by atoms with van der Waals surface area (Å²) in [5, 5.41) is 0. The molecule has 0 saturated carbocycles. The SMILES string of the molecule is COc1cccc(/C=C2/C=C(c3ccc(Br)cc3)OC2=O)c1. The molecule has 2 aromatic carbocycles. The molecule has 0 radical (unpaired) electrons. The molecule has 3 rings (SSSR count). The zero-order chi connectivity index (χ0) is 15.5. The van der Waals surface area contributed by atoms with Gasteiger partial charge in [-0.1, -0.05) is 40.2 Å². The minimum absolute atomic E-state index is 0.347. The van der Waals surface area contributed by atoms with Gasteiger partial charge in [0.2, 0.25) is 0 Å². The van der Waals surface area contributed by atoms with Crippen molar-refractivity contribution < 1.29 is 14.3 Å². The Morgan fingerprint density at radius 2 is 1.91 bits per heavy atom. The lowest BCUT2D eigenvalue weighted by Gasteiger charge is -2.01. The van der Waals surface area contributed by atoms with Crippen LogP contribution in [-0.2, 0) is 9.53 Å². The van der Waals surface area contributed by atoms with E-state index in [1.165, 1.54) is 0 Å². The first-order valence-corrected chi connectivity index (χ1v) is 7.50. The molecule has 1 heterocycles. The Labute approximate surface area is 137 Å². The quantitative estimate of drug-likeness (QED) is 0.602. The van der Waals surface area contributed by atoms with Gasteiger partial charge in [-0.2, -0.15) is 0 Å². The fourth-order valence-corrected chi connectivity index (χ4v) is 2.42. The van der Waals surface area contributed by atoms with Gasteiger partial charge in [0.1, 0.15) is 11.5 Å². The van der Waals surface area contributed by atoms with Gasteiger partial charge in [0.15, 0.2) is 0 Å². The Morgan fingerprint density at radius 1 is 1.14 bits per heavy atom. The van der Waals surface area contributed by atoms with E-state index in [1.807, 2.05) is 48.5 Å². The van der Waals surface area contributed by atoms with Crippen molar-refractivity contribution in [3.63, 3.8) is 0 Å². The molecule has 0 amide bonds. The summed E-state index contributed by atoms with van der Waals surface area (Å²) in [5.41, 5.74) is 2.27. The molecule has 0 aromatic heterocycles. The molecular weight excluding hydrogens is 344 g/mol. The second-order valence-electron chi connectivity index (χ2n) is 4.78. The first-order chi connectivity index (χ1) is 10.7. The van der Waals surface area contributed by atoms with Crippen LogP contribution in [0.4, 0.5) is 0 Å². The molecule has 0 spiro atoms. The summed E-state index contributed by atoms with van der Waals surface area (Å²) >= 11 is 3.39. The third-order valence-electron chi connectivity index (χ3n) is 3.27. The molecule has 1 aliphatic rings. The van der Waals surface area contributed by atoms with Gasteiger partial charge in [-0.05, 0) is 42.0 Å². The number of benzene rings is 2. The Kier molecular flexibility index (Phi) is 4.11. The number of halogens is 1. The van der Waals surface area contributed by atoms with E-state index >= 15 is 0 Å². The van der Waals surface area contributed by atoms with E-state index in [9.17, 15) is 4.79 Å². The maximum absolute atomic E-state index is 12.0. The van der Waals surface area contributed by atoms with E-state index in [4.69, 9.17) is 9.47 Å². The molecule has 0 bridgehead atoms. The molecule has 0 aliphatic carbocycles. The van der Waals surface area contributed by atoms with Crippen LogP contribution in [0.3, 0.4) is 0 Å². The molecule has 110 valence electrons. The number of methoxy groups -OCH3 is 1. The Balaban J connectivity index is 1.92. The standard InChI is InChI=1S/C18H13BrO3/c1-21-16-4-2-3-12(10-16)9-14-11-17(22-18(14)20)13-5-7-15(19)8-6-13/h2-11H,1H3/b14-9-. The number of carbonyl (C=O) groups excluding carboxylic acids is 1. The third-order valence-corrected chi connectivity index (χ3v) is 3.80. The average molecular weight is 357 g/mol. The van der Waals surface area contributed by atoms with E-state index in [2.05, 4.69) is 15.9 Å². The number of hydrogen-bond donors (Lipinski definition) is 0. The largest absolute Gasteiger partial charge is 0.497 e. The van der Waals surface area contributed by atoms with Crippen LogP contribution in [0.15, 0.2) is 64.7 Å². The highest BCUT2D eigenvalue weighted by atomic mass is 79.9. The monoisotopic (exact) mass is 356 g/mol. The molecule has 0 unspecified atom stereocenters. The third kappa shape index (κ3) is 3.12. The highest BCUT2D eigenvalue weighted by Crippen LogP contribution is 2.28. The Hall–Kier alpha value is -2.33.